The molecule has 78 valence electrons. The second-order valence-corrected chi connectivity index (χ2v) is 4.02. The predicted molar refractivity (Wildman–Crippen MR) is 59.6 cm³/mol. The molecular formula is C12H15N3. The van der Waals surface area contributed by atoms with E-state index in [1.54, 1.807) is 6.20 Å². The highest BCUT2D eigenvalue weighted by molar-refractivity contribution is 5.54. The van der Waals surface area contributed by atoms with E-state index >= 15 is 0 Å². The van der Waals surface area contributed by atoms with Crippen LogP contribution in [0.2, 0.25) is 0 Å². The van der Waals surface area contributed by atoms with Crippen LogP contribution in [0.3, 0.4) is 0 Å². The molecule has 1 aromatic heterocycles. The number of rotatable bonds is 1. The molecule has 1 aromatic rings. The Labute approximate surface area is 90.4 Å². The Morgan fingerprint density at radius 2 is 2.40 bits per heavy atom. The van der Waals surface area contributed by atoms with E-state index in [1.165, 1.54) is 19.3 Å². The number of nitriles is 1. The lowest BCUT2D eigenvalue weighted by Crippen LogP contribution is -2.38. The summed E-state index contributed by atoms with van der Waals surface area (Å²) in [7, 11) is 0. The summed E-state index contributed by atoms with van der Waals surface area (Å²) in [6.45, 7) is 3.22. The fourth-order valence-electron chi connectivity index (χ4n) is 2.13. The molecule has 0 radical (unpaired) electrons. The molecule has 1 aliphatic rings. The van der Waals surface area contributed by atoms with Crippen molar-refractivity contribution in [1.82, 2.24) is 4.98 Å². The van der Waals surface area contributed by atoms with Gasteiger partial charge in [0, 0.05) is 18.8 Å². The monoisotopic (exact) mass is 201 g/mol. The van der Waals surface area contributed by atoms with Crippen molar-refractivity contribution in [1.29, 1.82) is 5.26 Å². The molecular weight excluding hydrogens is 186 g/mol. The molecule has 0 amide bonds. The normalized spacial score (nSPS) is 21.1. The van der Waals surface area contributed by atoms with Gasteiger partial charge in [-0.15, -0.1) is 0 Å². The first-order valence-electron chi connectivity index (χ1n) is 5.44. The summed E-state index contributed by atoms with van der Waals surface area (Å²) in [6, 6.07) is 6.36. The summed E-state index contributed by atoms with van der Waals surface area (Å²) in [6.07, 6.45) is 5.44. The molecule has 1 atom stereocenters. The molecule has 0 bridgehead atoms. The van der Waals surface area contributed by atoms with E-state index in [-0.39, 0.29) is 0 Å². The summed E-state index contributed by atoms with van der Waals surface area (Å²) in [5.41, 5.74) is 0.686. The standard InChI is InChI=1S/C12H15N3/c1-10-5-2-3-8-15(10)12-11(9-13)6-4-7-14-12/h4,6-7,10H,2-3,5,8H2,1H3/t10-/m1/s1. The second kappa shape index (κ2) is 4.31. The molecule has 1 fully saturated rings. The second-order valence-electron chi connectivity index (χ2n) is 4.02. The van der Waals surface area contributed by atoms with Crippen molar-refractivity contribution < 1.29 is 0 Å². The average Bonchev–Trinajstić information content (AvgIpc) is 2.30. The van der Waals surface area contributed by atoms with Crippen LogP contribution in [-0.4, -0.2) is 17.6 Å². The summed E-state index contributed by atoms with van der Waals surface area (Å²) in [4.78, 5) is 6.58. The van der Waals surface area contributed by atoms with Gasteiger partial charge in [-0.1, -0.05) is 0 Å². The number of aromatic nitrogens is 1. The number of hydrogen-bond donors (Lipinski definition) is 0. The summed E-state index contributed by atoms with van der Waals surface area (Å²) in [5.74, 6) is 0.854. The molecule has 2 rings (SSSR count). The highest BCUT2D eigenvalue weighted by Crippen LogP contribution is 2.24. The first-order valence-corrected chi connectivity index (χ1v) is 5.44. The van der Waals surface area contributed by atoms with Gasteiger partial charge in [0.1, 0.15) is 11.9 Å². The van der Waals surface area contributed by atoms with Crippen molar-refractivity contribution in [3.8, 4) is 6.07 Å². The van der Waals surface area contributed by atoms with Gasteiger partial charge in [-0.25, -0.2) is 4.98 Å². The maximum Gasteiger partial charge on any atom is 0.146 e. The van der Waals surface area contributed by atoms with Gasteiger partial charge >= 0.3 is 0 Å². The van der Waals surface area contributed by atoms with E-state index in [2.05, 4.69) is 22.9 Å². The van der Waals surface area contributed by atoms with Crippen molar-refractivity contribution in [2.45, 2.75) is 32.2 Å². The van der Waals surface area contributed by atoms with Crippen LogP contribution >= 0.6 is 0 Å². The number of pyridine rings is 1. The van der Waals surface area contributed by atoms with Crippen LogP contribution in [0.25, 0.3) is 0 Å². The molecule has 3 nitrogen and oxygen atoms in total. The van der Waals surface area contributed by atoms with E-state index < -0.39 is 0 Å². The minimum Gasteiger partial charge on any atom is -0.353 e. The number of nitrogens with zero attached hydrogens (tertiary/aromatic N) is 3. The Kier molecular flexibility index (Phi) is 2.86. The molecule has 0 spiro atoms. The van der Waals surface area contributed by atoms with Gasteiger partial charge in [0.25, 0.3) is 0 Å². The Bertz CT molecular complexity index is 381. The fraction of sp³-hybridized carbons (Fsp3) is 0.500. The molecule has 0 aliphatic carbocycles. The van der Waals surface area contributed by atoms with Crippen LogP contribution in [0.4, 0.5) is 5.82 Å². The van der Waals surface area contributed by atoms with Gasteiger partial charge in [0.05, 0.1) is 5.56 Å². The molecule has 0 saturated carbocycles. The number of piperidine rings is 1. The average molecular weight is 201 g/mol. The topological polar surface area (TPSA) is 39.9 Å². The van der Waals surface area contributed by atoms with Crippen LogP contribution < -0.4 is 4.90 Å². The Hall–Kier alpha value is -1.56. The van der Waals surface area contributed by atoms with Gasteiger partial charge in [-0.05, 0) is 38.3 Å². The Balaban J connectivity index is 2.31. The van der Waals surface area contributed by atoms with Crippen molar-refractivity contribution in [3.63, 3.8) is 0 Å². The molecule has 1 aliphatic heterocycles. The van der Waals surface area contributed by atoms with Crippen LogP contribution in [-0.2, 0) is 0 Å². The third kappa shape index (κ3) is 1.94. The lowest BCUT2D eigenvalue weighted by atomic mass is 10.0. The first-order chi connectivity index (χ1) is 7.33. The van der Waals surface area contributed by atoms with E-state index in [0.717, 1.165) is 12.4 Å². The fourth-order valence-corrected chi connectivity index (χ4v) is 2.13. The van der Waals surface area contributed by atoms with Gasteiger partial charge in [-0.3, -0.25) is 0 Å². The van der Waals surface area contributed by atoms with Crippen molar-refractivity contribution in [3.05, 3.63) is 23.9 Å². The van der Waals surface area contributed by atoms with E-state index in [9.17, 15) is 0 Å². The Morgan fingerprint density at radius 1 is 1.53 bits per heavy atom. The van der Waals surface area contributed by atoms with Crippen LogP contribution in [0, 0.1) is 11.3 Å². The summed E-state index contributed by atoms with van der Waals surface area (Å²) in [5, 5.41) is 9.02. The van der Waals surface area contributed by atoms with Crippen LogP contribution in [0.5, 0.6) is 0 Å². The molecule has 0 unspecified atom stereocenters. The van der Waals surface area contributed by atoms with E-state index in [0.29, 0.717) is 11.6 Å². The smallest absolute Gasteiger partial charge is 0.146 e. The Morgan fingerprint density at radius 3 is 3.13 bits per heavy atom. The summed E-state index contributed by atoms with van der Waals surface area (Å²) >= 11 is 0. The maximum absolute atomic E-state index is 9.02. The van der Waals surface area contributed by atoms with E-state index in [4.69, 9.17) is 5.26 Å². The van der Waals surface area contributed by atoms with Gasteiger partial charge < -0.3 is 4.90 Å². The highest BCUT2D eigenvalue weighted by atomic mass is 15.2. The minimum absolute atomic E-state index is 0.501. The molecule has 3 heteroatoms. The van der Waals surface area contributed by atoms with Gasteiger partial charge in [-0.2, -0.15) is 5.26 Å². The molecule has 2 heterocycles. The molecule has 1 saturated heterocycles. The third-order valence-electron chi connectivity index (χ3n) is 2.98. The molecule has 0 aromatic carbocycles. The van der Waals surface area contributed by atoms with E-state index in [1.807, 2.05) is 12.1 Å². The number of hydrogen-bond acceptors (Lipinski definition) is 3. The lowest BCUT2D eigenvalue weighted by Gasteiger charge is -2.34. The molecule has 0 N–H and O–H groups in total. The van der Waals surface area contributed by atoms with Crippen molar-refractivity contribution >= 4 is 5.82 Å². The van der Waals surface area contributed by atoms with Crippen LogP contribution in [0.1, 0.15) is 31.7 Å². The zero-order valence-electron chi connectivity index (χ0n) is 8.98. The van der Waals surface area contributed by atoms with Crippen molar-refractivity contribution in [2.24, 2.45) is 0 Å². The SMILES string of the molecule is C[C@@H]1CCCCN1c1ncccc1C#N. The quantitative estimate of drug-likeness (QED) is 0.700. The van der Waals surface area contributed by atoms with Gasteiger partial charge in [0.2, 0.25) is 0 Å². The molecule has 15 heavy (non-hydrogen) atoms. The summed E-state index contributed by atoms with van der Waals surface area (Å²) < 4.78 is 0. The number of anilines is 1. The zero-order chi connectivity index (χ0) is 10.7. The third-order valence-corrected chi connectivity index (χ3v) is 2.98. The minimum atomic E-state index is 0.501. The largest absolute Gasteiger partial charge is 0.353 e. The van der Waals surface area contributed by atoms with Gasteiger partial charge in [0.15, 0.2) is 0 Å². The predicted octanol–water partition coefficient (Wildman–Crippen LogP) is 2.33. The lowest BCUT2D eigenvalue weighted by molar-refractivity contribution is 0.481. The highest BCUT2D eigenvalue weighted by Gasteiger charge is 2.21. The zero-order valence-corrected chi connectivity index (χ0v) is 8.98. The maximum atomic E-state index is 9.02. The van der Waals surface area contributed by atoms with Crippen LogP contribution in [0.15, 0.2) is 18.3 Å². The van der Waals surface area contributed by atoms with Crippen molar-refractivity contribution in [2.75, 3.05) is 11.4 Å². The first kappa shape index (κ1) is 9.97.